The standard InChI is InChI=1S/C10H9Cl2N/c1-10(12,7-13)6-8-2-4-9(11)5-3-8/h2-5H,6H2,1H3. The second-order valence-electron chi connectivity index (χ2n) is 3.11. The van der Waals surface area contributed by atoms with Crippen molar-refractivity contribution < 1.29 is 0 Å². The van der Waals surface area contributed by atoms with Crippen molar-refractivity contribution in [3.05, 3.63) is 34.9 Å². The number of hydrogen-bond donors (Lipinski definition) is 0. The molecule has 0 aliphatic carbocycles. The van der Waals surface area contributed by atoms with E-state index in [0.717, 1.165) is 5.56 Å². The van der Waals surface area contributed by atoms with Crippen LogP contribution in [0.15, 0.2) is 24.3 Å². The Hall–Kier alpha value is -0.710. The normalized spacial score (nSPS) is 14.6. The van der Waals surface area contributed by atoms with E-state index in [1.54, 1.807) is 19.1 Å². The highest BCUT2D eigenvalue weighted by atomic mass is 35.5. The van der Waals surface area contributed by atoms with Crippen LogP contribution in [0.1, 0.15) is 12.5 Å². The van der Waals surface area contributed by atoms with Crippen molar-refractivity contribution in [2.24, 2.45) is 0 Å². The van der Waals surface area contributed by atoms with Crippen LogP contribution in [-0.2, 0) is 6.42 Å². The van der Waals surface area contributed by atoms with Gasteiger partial charge in [0.25, 0.3) is 0 Å². The van der Waals surface area contributed by atoms with Gasteiger partial charge in [0.1, 0.15) is 4.87 Å². The predicted molar refractivity (Wildman–Crippen MR) is 55.0 cm³/mol. The molecule has 3 heteroatoms. The van der Waals surface area contributed by atoms with Gasteiger partial charge in [0.15, 0.2) is 0 Å². The number of hydrogen-bond acceptors (Lipinski definition) is 1. The molecule has 1 aromatic rings. The zero-order valence-electron chi connectivity index (χ0n) is 7.22. The van der Waals surface area contributed by atoms with Crippen LogP contribution in [0, 0.1) is 11.3 Å². The number of halogens is 2. The molecule has 0 N–H and O–H groups in total. The lowest BCUT2D eigenvalue weighted by atomic mass is 10.0. The monoisotopic (exact) mass is 213 g/mol. The van der Waals surface area contributed by atoms with Gasteiger partial charge in [0.05, 0.1) is 6.07 Å². The minimum Gasteiger partial charge on any atom is -0.196 e. The van der Waals surface area contributed by atoms with Gasteiger partial charge >= 0.3 is 0 Å². The van der Waals surface area contributed by atoms with Crippen LogP contribution in [0.25, 0.3) is 0 Å². The summed E-state index contributed by atoms with van der Waals surface area (Å²) in [4.78, 5) is -0.826. The summed E-state index contributed by atoms with van der Waals surface area (Å²) in [6.07, 6.45) is 0.530. The molecule has 0 heterocycles. The summed E-state index contributed by atoms with van der Waals surface area (Å²) in [6, 6.07) is 9.37. The summed E-state index contributed by atoms with van der Waals surface area (Å²) < 4.78 is 0. The Kier molecular flexibility index (Phi) is 3.19. The molecule has 0 fully saturated rings. The molecule has 1 unspecified atom stereocenters. The minimum absolute atomic E-state index is 0.530. The first-order valence-electron chi connectivity index (χ1n) is 3.88. The van der Waals surface area contributed by atoms with E-state index in [4.69, 9.17) is 28.5 Å². The zero-order valence-corrected chi connectivity index (χ0v) is 8.73. The topological polar surface area (TPSA) is 23.8 Å². The van der Waals surface area contributed by atoms with Crippen LogP contribution >= 0.6 is 23.2 Å². The van der Waals surface area contributed by atoms with E-state index in [0.29, 0.717) is 11.4 Å². The van der Waals surface area contributed by atoms with E-state index < -0.39 is 4.87 Å². The number of nitriles is 1. The molecule has 1 rings (SSSR count). The molecular weight excluding hydrogens is 205 g/mol. The van der Waals surface area contributed by atoms with Crippen molar-refractivity contribution in [2.45, 2.75) is 18.2 Å². The van der Waals surface area contributed by atoms with Crippen LogP contribution in [-0.4, -0.2) is 4.87 Å². The molecule has 13 heavy (non-hydrogen) atoms. The Morgan fingerprint density at radius 1 is 1.38 bits per heavy atom. The fraction of sp³-hybridized carbons (Fsp3) is 0.300. The molecule has 0 saturated heterocycles. The van der Waals surface area contributed by atoms with Crippen molar-refractivity contribution in [1.82, 2.24) is 0 Å². The van der Waals surface area contributed by atoms with Gasteiger partial charge in [0, 0.05) is 11.4 Å². The Bertz CT molecular complexity index is 322. The van der Waals surface area contributed by atoms with Gasteiger partial charge in [-0.15, -0.1) is 11.6 Å². The molecule has 1 atom stereocenters. The fourth-order valence-electron chi connectivity index (χ4n) is 1.03. The molecule has 0 bridgehead atoms. The molecule has 0 radical (unpaired) electrons. The third kappa shape index (κ3) is 3.26. The zero-order chi connectivity index (χ0) is 9.90. The summed E-state index contributed by atoms with van der Waals surface area (Å²) in [7, 11) is 0. The quantitative estimate of drug-likeness (QED) is 0.692. The van der Waals surface area contributed by atoms with Crippen molar-refractivity contribution in [1.29, 1.82) is 5.26 Å². The molecule has 0 saturated carbocycles. The Morgan fingerprint density at radius 2 is 1.92 bits per heavy atom. The van der Waals surface area contributed by atoms with Crippen LogP contribution in [0.2, 0.25) is 5.02 Å². The van der Waals surface area contributed by atoms with E-state index >= 15 is 0 Å². The minimum atomic E-state index is -0.826. The lowest BCUT2D eigenvalue weighted by Gasteiger charge is -2.11. The number of nitrogens with zero attached hydrogens (tertiary/aromatic N) is 1. The highest BCUT2D eigenvalue weighted by molar-refractivity contribution is 6.30. The lowest BCUT2D eigenvalue weighted by Crippen LogP contribution is -2.16. The molecule has 0 aromatic heterocycles. The molecule has 1 aromatic carbocycles. The van der Waals surface area contributed by atoms with Gasteiger partial charge in [-0.05, 0) is 24.6 Å². The number of benzene rings is 1. The summed E-state index contributed by atoms with van der Waals surface area (Å²) in [5.41, 5.74) is 1.02. The maximum atomic E-state index is 8.70. The largest absolute Gasteiger partial charge is 0.196 e. The van der Waals surface area contributed by atoms with E-state index in [1.807, 2.05) is 18.2 Å². The predicted octanol–water partition coefficient (Wildman–Crippen LogP) is 3.40. The Balaban J connectivity index is 2.77. The van der Waals surface area contributed by atoms with Gasteiger partial charge < -0.3 is 0 Å². The molecule has 0 aliphatic heterocycles. The summed E-state index contributed by atoms with van der Waals surface area (Å²) in [6.45, 7) is 1.70. The van der Waals surface area contributed by atoms with Crippen molar-refractivity contribution >= 4 is 23.2 Å². The smallest absolute Gasteiger partial charge is 0.132 e. The van der Waals surface area contributed by atoms with E-state index in [9.17, 15) is 0 Å². The van der Waals surface area contributed by atoms with Gasteiger partial charge in [-0.3, -0.25) is 0 Å². The SMILES string of the molecule is CC(Cl)(C#N)Cc1ccc(Cl)cc1. The average molecular weight is 214 g/mol. The van der Waals surface area contributed by atoms with Crippen LogP contribution in [0.3, 0.4) is 0 Å². The first kappa shape index (κ1) is 10.4. The Morgan fingerprint density at radius 3 is 2.38 bits per heavy atom. The highest BCUT2D eigenvalue weighted by Gasteiger charge is 2.19. The third-order valence-electron chi connectivity index (χ3n) is 1.68. The average Bonchev–Trinajstić information content (AvgIpc) is 2.09. The number of rotatable bonds is 2. The molecule has 0 spiro atoms. The van der Waals surface area contributed by atoms with E-state index in [1.165, 1.54) is 0 Å². The summed E-state index contributed by atoms with van der Waals surface area (Å²) >= 11 is 11.6. The molecule has 0 amide bonds. The van der Waals surface area contributed by atoms with E-state index in [-0.39, 0.29) is 0 Å². The summed E-state index contributed by atoms with van der Waals surface area (Å²) in [5.74, 6) is 0. The summed E-state index contributed by atoms with van der Waals surface area (Å²) in [5, 5.41) is 9.39. The van der Waals surface area contributed by atoms with Gasteiger partial charge in [-0.25, -0.2) is 0 Å². The second kappa shape index (κ2) is 4.00. The van der Waals surface area contributed by atoms with Crippen LogP contribution in [0.5, 0.6) is 0 Å². The number of alkyl halides is 1. The van der Waals surface area contributed by atoms with Gasteiger partial charge in [-0.1, -0.05) is 23.7 Å². The second-order valence-corrected chi connectivity index (χ2v) is 4.38. The molecule has 1 nitrogen and oxygen atoms in total. The maximum Gasteiger partial charge on any atom is 0.132 e. The fourth-order valence-corrected chi connectivity index (χ4v) is 1.31. The molecule has 68 valence electrons. The third-order valence-corrected chi connectivity index (χ3v) is 2.15. The van der Waals surface area contributed by atoms with Crippen LogP contribution in [0.4, 0.5) is 0 Å². The molecule has 0 aliphatic rings. The van der Waals surface area contributed by atoms with E-state index in [2.05, 4.69) is 0 Å². The van der Waals surface area contributed by atoms with Crippen molar-refractivity contribution in [3.63, 3.8) is 0 Å². The first-order chi connectivity index (χ1) is 6.03. The van der Waals surface area contributed by atoms with Crippen LogP contribution < -0.4 is 0 Å². The van der Waals surface area contributed by atoms with Gasteiger partial charge in [-0.2, -0.15) is 5.26 Å². The molecular formula is C10H9Cl2N. The highest BCUT2D eigenvalue weighted by Crippen LogP contribution is 2.20. The van der Waals surface area contributed by atoms with Crippen molar-refractivity contribution in [2.75, 3.05) is 0 Å². The Labute approximate surface area is 87.9 Å². The van der Waals surface area contributed by atoms with Gasteiger partial charge in [0.2, 0.25) is 0 Å². The van der Waals surface area contributed by atoms with Crippen molar-refractivity contribution in [3.8, 4) is 6.07 Å². The lowest BCUT2D eigenvalue weighted by molar-refractivity contribution is 0.783. The first-order valence-corrected chi connectivity index (χ1v) is 4.64. The maximum absolute atomic E-state index is 8.70.